The van der Waals surface area contributed by atoms with E-state index in [1.807, 2.05) is 12.3 Å². The Morgan fingerprint density at radius 2 is 2.06 bits per heavy atom. The first kappa shape index (κ1) is 13.4. The number of thioether (sulfide) groups is 1. The van der Waals surface area contributed by atoms with E-state index in [0.29, 0.717) is 6.54 Å². The van der Waals surface area contributed by atoms with Gasteiger partial charge in [-0.3, -0.25) is 0 Å². The van der Waals surface area contributed by atoms with Gasteiger partial charge in [0.05, 0.1) is 0 Å². The zero-order valence-electron chi connectivity index (χ0n) is 9.01. The van der Waals surface area contributed by atoms with Crippen molar-refractivity contribution in [1.82, 2.24) is 10.2 Å². The van der Waals surface area contributed by atoms with Crippen LogP contribution in [-0.4, -0.2) is 16.5 Å². The summed E-state index contributed by atoms with van der Waals surface area (Å²) >= 11 is 8.31. The van der Waals surface area contributed by atoms with Gasteiger partial charge in [0.2, 0.25) is 0 Å². The Kier molecular flexibility index (Phi) is 4.87. The fourth-order valence-electron chi connectivity index (χ4n) is 1.22. The Balaban J connectivity index is 2.20. The number of nitrogens with two attached hydrogens (primary N) is 1. The molecule has 0 atom stereocenters. The number of benzene rings is 1. The van der Waals surface area contributed by atoms with Gasteiger partial charge in [0.15, 0.2) is 8.68 Å². The van der Waals surface area contributed by atoms with Gasteiger partial charge in [-0.2, -0.15) is 0 Å². The third kappa shape index (κ3) is 3.69. The van der Waals surface area contributed by atoms with Crippen molar-refractivity contribution >= 4 is 50.8 Å². The van der Waals surface area contributed by atoms with E-state index in [1.54, 1.807) is 34.9 Å². The lowest BCUT2D eigenvalue weighted by molar-refractivity contribution is 0.955. The maximum atomic E-state index is 5.65. The zero-order valence-corrected chi connectivity index (χ0v) is 13.0. The molecule has 0 aliphatic rings. The molecule has 0 aliphatic heterocycles. The van der Waals surface area contributed by atoms with Gasteiger partial charge in [0.1, 0.15) is 0 Å². The predicted octanol–water partition coefficient (Wildman–Crippen LogP) is 3.63. The minimum absolute atomic E-state index is 0.541. The van der Waals surface area contributed by atoms with Gasteiger partial charge in [-0.05, 0) is 30.0 Å². The smallest absolute Gasteiger partial charge is 0.179 e. The molecule has 2 N–H and O–H groups in total. The highest BCUT2D eigenvalue weighted by Crippen LogP contribution is 2.34. The molecule has 90 valence electrons. The van der Waals surface area contributed by atoms with Gasteiger partial charge in [0, 0.05) is 15.9 Å². The van der Waals surface area contributed by atoms with Crippen molar-refractivity contribution in [3.05, 3.63) is 28.2 Å². The third-order valence-electron chi connectivity index (χ3n) is 1.93. The molecule has 1 aromatic carbocycles. The number of rotatable bonds is 4. The van der Waals surface area contributed by atoms with E-state index in [4.69, 9.17) is 5.73 Å². The Bertz CT molecular complexity index is 515. The number of aromatic nitrogens is 2. The van der Waals surface area contributed by atoms with Crippen molar-refractivity contribution in [2.45, 2.75) is 20.1 Å². The van der Waals surface area contributed by atoms with Crippen molar-refractivity contribution in [3.8, 4) is 0 Å². The number of nitrogens with zero attached hydrogens (tertiary/aromatic N) is 2. The maximum absolute atomic E-state index is 5.65. The molecule has 0 radical (unpaired) electrons. The van der Waals surface area contributed by atoms with Gasteiger partial charge in [0.25, 0.3) is 0 Å². The lowest BCUT2D eigenvalue weighted by Gasteiger charge is -2.02. The topological polar surface area (TPSA) is 51.8 Å². The predicted molar refractivity (Wildman–Crippen MR) is 77.8 cm³/mol. The fourth-order valence-corrected chi connectivity index (χ4v) is 4.45. The van der Waals surface area contributed by atoms with Crippen LogP contribution in [0.15, 0.2) is 36.2 Å². The molecule has 0 amide bonds. The minimum Gasteiger partial charge on any atom is -0.326 e. The molecule has 0 unspecified atom stereocenters. The van der Waals surface area contributed by atoms with Crippen LogP contribution in [0.2, 0.25) is 0 Å². The molecule has 1 heterocycles. The molecule has 1 aromatic heterocycles. The lowest BCUT2D eigenvalue weighted by atomic mass is 10.2. The largest absolute Gasteiger partial charge is 0.326 e. The van der Waals surface area contributed by atoms with Crippen molar-refractivity contribution in [1.29, 1.82) is 0 Å². The molecule has 0 spiro atoms. The molecule has 3 nitrogen and oxygen atoms in total. The van der Waals surface area contributed by atoms with Crippen molar-refractivity contribution < 1.29 is 0 Å². The van der Waals surface area contributed by atoms with E-state index >= 15 is 0 Å². The maximum Gasteiger partial charge on any atom is 0.179 e. The molecule has 17 heavy (non-hydrogen) atoms. The molecule has 2 rings (SSSR count). The second-order valence-electron chi connectivity index (χ2n) is 3.14. The highest BCUT2D eigenvalue weighted by molar-refractivity contribution is 9.10. The second-order valence-corrected chi connectivity index (χ2v) is 7.41. The summed E-state index contributed by atoms with van der Waals surface area (Å²) in [5.74, 6) is 0. The van der Waals surface area contributed by atoms with Gasteiger partial charge >= 0.3 is 0 Å². The Morgan fingerprint density at radius 3 is 2.71 bits per heavy atom. The van der Waals surface area contributed by atoms with Gasteiger partial charge in [-0.25, -0.2) is 0 Å². The monoisotopic (exact) mass is 347 g/mol. The standard InChI is InChI=1S/C10H10BrN3S3/c1-15-9-13-14-10(17-9)16-8-3-6(5-12)2-7(11)4-8/h2-4H,5,12H2,1H3. The van der Waals surface area contributed by atoms with E-state index < -0.39 is 0 Å². The number of hydrogen-bond acceptors (Lipinski definition) is 6. The zero-order chi connectivity index (χ0) is 12.3. The Labute approximate surface area is 121 Å². The summed E-state index contributed by atoms with van der Waals surface area (Å²) in [5, 5.41) is 8.20. The van der Waals surface area contributed by atoms with Crippen molar-refractivity contribution in [2.24, 2.45) is 5.73 Å². The molecular formula is C10H10BrN3S3. The van der Waals surface area contributed by atoms with Crippen molar-refractivity contribution in [2.75, 3.05) is 6.26 Å². The minimum atomic E-state index is 0.541. The Morgan fingerprint density at radius 1 is 1.29 bits per heavy atom. The van der Waals surface area contributed by atoms with E-state index in [2.05, 4.69) is 38.3 Å². The van der Waals surface area contributed by atoms with Crippen LogP contribution in [0.4, 0.5) is 0 Å². The molecule has 0 saturated carbocycles. The summed E-state index contributed by atoms with van der Waals surface area (Å²) in [6.07, 6.45) is 2.00. The average molecular weight is 348 g/mol. The lowest BCUT2D eigenvalue weighted by Crippen LogP contribution is -1.95. The molecular weight excluding hydrogens is 338 g/mol. The van der Waals surface area contributed by atoms with Crippen LogP contribution in [0.25, 0.3) is 0 Å². The van der Waals surface area contributed by atoms with E-state index in [9.17, 15) is 0 Å². The van der Waals surface area contributed by atoms with E-state index in [-0.39, 0.29) is 0 Å². The quantitative estimate of drug-likeness (QED) is 0.855. The first-order valence-electron chi connectivity index (χ1n) is 4.76. The normalized spacial score (nSPS) is 10.8. The van der Waals surface area contributed by atoms with E-state index in [1.165, 1.54) is 0 Å². The SMILES string of the molecule is CSc1nnc(Sc2cc(Br)cc(CN)c2)s1. The summed E-state index contributed by atoms with van der Waals surface area (Å²) in [6, 6.07) is 6.16. The molecule has 7 heteroatoms. The van der Waals surface area contributed by atoms with Crippen LogP contribution < -0.4 is 5.73 Å². The highest BCUT2D eigenvalue weighted by atomic mass is 79.9. The molecule has 0 aliphatic carbocycles. The number of hydrogen-bond donors (Lipinski definition) is 1. The van der Waals surface area contributed by atoms with Gasteiger partial charge in [-0.1, -0.05) is 50.8 Å². The molecule has 2 aromatic rings. The second kappa shape index (κ2) is 6.19. The van der Waals surface area contributed by atoms with Gasteiger partial charge < -0.3 is 5.73 Å². The van der Waals surface area contributed by atoms with Crippen LogP contribution in [-0.2, 0) is 6.54 Å². The van der Waals surface area contributed by atoms with Gasteiger partial charge in [-0.15, -0.1) is 10.2 Å². The molecule has 0 fully saturated rings. The summed E-state index contributed by atoms with van der Waals surface area (Å²) in [4.78, 5) is 1.13. The van der Waals surface area contributed by atoms with Crippen LogP contribution in [0.1, 0.15) is 5.56 Å². The first-order valence-corrected chi connectivity index (χ1v) is 8.41. The molecule has 0 bridgehead atoms. The van der Waals surface area contributed by atoms with Crippen LogP contribution in [0.5, 0.6) is 0 Å². The summed E-state index contributed by atoms with van der Waals surface area (Å²) in [5.41, 5.74) is 6.76. The summed E-state index contributed by atoms with van der Waals surface area (Å²) < 4.78 is 2.98. The Hall–Kier alpha value is -0.0800. The average Bonchev–Trinajstić information content (AvgIpc) is 2.76. The summed E-state index contributed by atoms with van der Waals surface area (Å²) in [6.45, 7) is 0.541. The third-order valence-corrected chi connectivity index (χ3v) is 5.31. The van der Waals surface area contributed by atoms with E-state index in [0.717, 1.165) is 23.6 Å². The summed E-state index contributed by atoms with van der Waals surface area (Å²) in [7, 11) is 0. The fraction of sp³-hybridized carbons (Fsp3) is 0.200. The molecule has 0 saturated heterocycles. The number of halogens is 1. The first-order chi connectivity index (χ1) is 8.21. The van der Waals surface area contributed by atoms with Crippen LogP contribution in [0, 0.1) is 0 Å². The van der Waals surface area contributed by atoms with Crippen LogP contribution in [0.3, 0.4) is 0 Å². The highest BCUT2D eigenvalue weighted by Gasteiger charge is 2.06. The van der Waals surface area contributed by atoms with Crippen LogP contribution >= 0.6 is 50.8 Å². The van der Waals surface area contributed by atoms with Crippen molar-refractivity contribution in [3.63, 3.8) is 0 Å².